The Morgan fingerprint density at radius 2 is 1.85 bits per heavy atom. The summed E-state index contributed by atoms with van der Waals surface area (Å²) >= 11 is 0. The third-order valence-corrected chi connectivity index (χ3v) is 3.76. The van der Waals surface area contributed by atoms with E-state index in [4.69, 9.17) is 0 Å². The van der Waals surface area contributed by atoms with E-state index in [1.165, 1.54) is 12.1 Å². The Hall–Kier alpha value is -2.29. The number of Topliss-reactive ketones (excluding diaryl/α,β-unsaturated/α-hetero) is 2. The molecule has 1 atom stereocenters. The van der Waals surface area contributed by atoms with Crippen LogP contribution in [0.3, 0.4) is 0 Å². The molecule has 0 heterocycles. The molecule has 0 bridgehead atoms. The van der Waals surface area contributed by atoms with E-state index in [1.54, 1.807) is 18.2 Å². The van der Waals surface area contributed by atoms with Gasteiger partial charge in [0.05, 0.1) is 5.92 Å². The monoisotopic (exact) mass is 268 g/mol. The number of rotatable bonds is 2. The fourth-order valence-electron chi connectivity index (χ4n) is 2.61. The van der Waals surface area contributed by atoms with Crippen molar-refractivity contribution in [2.75, 3.05) is 0 Å². The predicted molar refractivity (Wildman–Crippen MR) is 73.4 cm³/mol. The Morgan fingerprint density at radius 3 is 2.50 bits per heavy atom. The van der Waals surface area contributed by atoms with Crippen molar-refractivity contribution in [3.05, 3.63) is 70.5 Å². The quantitative estimate of drug-likeness (QED) is 0.618. The van der Waals surface area contributed by atoms with Crippen LogP contribution in [-0.4, -0.2) is 11.6 Å². The minimum Gasteiger partial charge on any atom is -0.293 e. The van der Waals surface area contributed by atoms with Crippen molar-refractivity contribution in [2.24, 2.45) is 5.92 Å². The fraction of sp³-hybridized carbons (Fsp3) is 0.176. The smallest absolute Gasteiger partial charge is 0.174 e. The predicted octanol–water partition coefficient (Wildman–Crippen LogP) is 3.37. The van der Waals surface area contributed by atoms with Gasteiger partial charge in [0, 0.05) is 11.1 Å². The second kappa shape index (κ2) is 4.67. The first-order valence-corrected chi connectivity index (χ1v) is 6.50. The number of hydrogen-bond acceptors (Lipinski definition) is 2. The van der Waals surface area contributed by atoms with Crippen molar-refractivity contribution in [2.45, 2.75) is 13.3 Å². The van der Waals surface area contributed by atoms with E-state index < -0.39 is 11.7 Å². The number of carbonyl (C=O) groups is 2. The van der Waals surface area contributed by atoms with Crippen LogP contribution in [0.1, 0.15) is 31.8 Å². The van der Waals surface area contributed by atoms with Gasteiger partial charge in [-0.15, -0.1) is 0 Å². The van der Waals surface area contributed by atoms with E-state index in [0.29, 0.717) is 16.7 Å². The Balaban J connectivity index is 1.94. The second-order valence-electron chi connectivity index (χ2n) is 5.12. The van der Waals surface area contributed by atoms with Gasteiger partial charge >= 0.3 is 0 Å². The molecule has 0 aromatic heterocycles. The molecule has 100 valence electrons. The average molecular weight is 268 g/mol. The summed E-state index contributed by atoms with van der Waals surface area (Å²) in [7, 11) is 0. The minimum absolute atomic E-state index is 0.160. The largest absolute Gasteiger partial charge is 0.293 e. The summed E-state index contributed by atoms with van der Waals surface area (Å²) in [5.74, 6) is -1.70. The van der Waals surface area contributed by atoms with Crippen LogP contribution in [0.2, 0.25) is 0 Å². The van der Waals surface area contributed by atoms with Crippen LogP contribution < -0.4 is 0 Å². The van der Waals surface area contributed by atoms with Crippen LogP contribution in [0.4, 0.5) is 4.39 Å². The van der Waals surface area contributed by atoms with Crippen molar-refractivity contribution in [3.8, 4) is 0 Å². The minimum atomic E-state index is -0.787. The third kappa shape index (κ3) is 1.95. The lowest BCUT2D eigenvalue weighted by Gasteiger charge is -2.07. The molecule has 0 saturated heterocycles. The van der Waals surface area contributed by atoms with E-state index >= 15 is 0 Å². The van der Waals surface area contributed by atoms with Crippen molar-refractivity contribution >= 4 is 11.6 Å². The number of halogens is 1. The molecule has 1 unspecified atom stereocenters. The van der Waals surface area contributed by atoms with Crippen molar-refractivity contribution in [3.63, 3.8) is 0 Å². The zero-order chi connectivity index (χ0) is 14.3. The van der Waals surface area contributed by atoms with E-state index in [1.807, 2.05) is 19.1 Å². The van der Waals surface area contributed by atoms with Gasteiger partial charge in [-0.1, -0.05) is 42.0 Å². The number of hydrogen-bond donors (Lipinski definition) is 0. The summed E-state index contributed by atoms with van der Waals surface area (Å²) in [4.78, 5) is 24.6. The van der Waals surface area contributed by atoms with Gasteiger partial charge in [0.25, 0.3) is 0 Å². The van der Waals surface area contributed by atoms with Gasteiger partial charge in [0.15, 0.2) is 11.6 Å². The lowest BCUT2D eigenvalue weighted by Crippen LogP contribution is -2.20. The normalized spacial score (nSPS) is 17.1. The SMILES string of the molecule is Cc1ccc(C(=O)C2Cc3c(F)cccc3C2=O)cc1. The second-order valence-corrected chi connectivity index (χ2v) is 5.12. The highest BCUT2D eigenvalue weighted by Crippen LogP contribution is 2.30. The highest BCUT2D eigenvalue weighted by molar-refractivity contribution is 6.18. The topological polar surface area (TPSA) is 34.1 Å². The highest BCUT2D eigenvalue weighted by atomic mass is 19.1. The summed E-state index contributed by atoms with van der Waals surface area (Å²) in [6.07, 6.45) is 0.160. The van der Waals surface area contributed by atoms with Gasteiger partial charge in [-0.05, 0) is 25.0 Å². The van der Waals surface area contributed by atoms with Gasteiger partial charge in [-0.2, -0.15) is 0 Å². The molecule has 2 aromatic carbocycles. The van der Waals surface area contributed by atoms with E-state index in [2.05, 4.69) is 0 Å². The lowest BCUT2D eigenvalue weighted by atomic mass is 9.94. The Bertz CT molecular complexity index is 701. The molecule has 0 radical (unpaired) electrons. The molecule has 1 aliphatic rings. The van der Waals surface area contributed by atoms with Crippen LogP contribution in [0.15, 0.2) is 42.5 Å². The Morgan fingerprint density at radius 1 is 1.15 bits per heavy atom. The standard InChI is InChI=1S/C17H13FO2/c1-10-5-7-11(8-6-10)16(19)14-9-13-12(17(14)20)3-2-4-15(13)18/h2-8,14H,9H2,1H3. The van der Waals surface area contributed by atoms with Gasteiger partial charge in [0.2, 0.25) is 0 Å². The fourth-order valence-corrected chi connectivity index (χ4v) is 2.61. The summed E-state index contributed by atoms with van der Waals surface area (Å²) < 4.78 is 13.7. The van der Waals surface area contributed by atoms with E-state index in [-0.39, 0.29) is 18.0 Å². The number of carbonyl (C=O) groups excluding carboxylic acids is 2. The highest BCUT2D eigenvalue weighted by Gasteiger charge is 2.37. The molecule has 2 aromatic rings. The molecule has 0 spiro atoms. The summed E-state index contributed by atoms with van der Waals surface area (Å²) in [6, 6.07) is 11.5. The molecule has 0 aliphatic heterocycles. The lowest BCUT2D eigenvalue weighted by molar-refractivity contribution is 0.0822. The van der Waals surface area contributed by atoms with E-state index in [9.17, 15) is 14.0 Å². The van der Waals surface area contributed by atoms with Gasteiger partial charge in [-0.3, -0.25) is 9.59 Å². The van der Waals surface area contributed by atoms with Gasteiger partial charge in [-0.25, -0.2) is 4.39 Å². The molecular formula is C17H13FO2. The number of ketones is 2. The Labute approximate surface area is 116 Å². The molecule has 20 heavy (non-hydrogen) atoms. The van der Waals surface area contributed by atoms with Crippen molar-refractivity contribution in [1.82, 2.24) is 0 Å². The first kappa shape index (κ1) is 12.7. The van der Waals surface area contributed by atoms with Crippen LogP contribution in [0, 0.1) is 18.7 Å². The average Bonchev–Trinajstić information content (AvgIpc) is 2.78. The van der Waals surface area contributed by atoms with Crippen LogP contribution in [-0.2, 0) is 6.42 Å². The summed E-state index contributed by atoms with van der Waals surface area (Å²) in [5.41, 5.74) is 2.26. The number of aryl methyl sites for hydroxylation is 1. The van der Waals surface area contributed by atoms with Crippen LogP contribution in [0.5, 0.6) is 0 Å². The molecule has 0 amide bonds. The zero-order valence-corrected chi connectivity index (χ0v) is 11.0. The first-order chi connectivity index (χ1) is 9.58. The molecular weight excluding hydrogens is 255 g/mol. The molecule has 3 heteroatoms. The molecule has 1 aliphatic carbocycles. The third-order valence-electron chi connectivity index (χ3n) is 3.76. The van der Waals surface area contributed by atoms with Gasteiger partial charge < -0.3 is 0 Å². The molecule has 0 fully saturated rings. The summed E-state index contributed by atoms with van der Waals surface area (Å²) in [6.45, 7) is 1.93. The zero-order valence-electron chi connectivity index (χ0n) is 11.0. The van der Waals surface area contributed by atoms with Gasteiger partial charge in [0.1, 0.15) is 5.82 Å². The van der Waals surface area contributed by atoms with Crippen LogP contribution in [0.25, 0.3) is 0 Å². The Kier molecular flexibility index (Phi) is 2.97. The molecule has 0 N–H and O–H groups in total. The number of fused-ring (bicyclic) bond motifs is 1. The van der Waals surface area contributed by atoms with E-state index in [0.717, 1.165) is 5.56 Å². The summed E-state index contributed by atoms with van der Waals surface area (Å²) in [5, 5.41) is 0. The maximum absolute atomic E-state index is 13.7. The molecule has 0 saturated carbocycles. The molecule has 2 nitrogen and oxygen atoms in total. The first-order valence-electron chi connectivity index (χ1n) is 6.50. The molecule has 3 rings (SSSR count). The van der Waals surface area contributed by atoms with Crippen molar-refractivity contribution < 1.29 is 14.0 Å². The van der Waals surface area contributed by atoms with Crippen LogP contribution >= 0.6 is 0 Å². The maximum atomic E-state index is 13.7. The number of benzene rings is 2. The maximum Gasteiger partial charge on any atom is 0.174 e. The van der Waals surface area contributed by atoms with Crippen molar-refractivity contribution in [1.29, 1.82) is 0 Å².